The van der Waals surface area contributed by atoms with Gasteiger partial charge in [0.15, 0.2) is 0 Å². The van der Waals surface area contributed by atoms with E-state index in [4.69, 9.17) is 4.98 Å². The highest BCUT2D eigenvalue weighted by Gasteiger charge is 2.48. The molecule has 1 aliphatic heterocycles. The second-order valence-corrected chi connectivity index (χ2v) is 8.61. The van der Waals surface area contributed by atoms with Crippen LogP contribution < -0.4 is 10.6 Å². The Morgan fingerprint density at radius 1 is 1.17 bits per heavy atom. The number of fused-ring (bicyclic) bond motifs is 1. The predicted octanol–water partition coefficient (Wildman–Crippen LogP) is 3.81. The van der Waals surface area contributed by atoms with Crippen LogP contribution in [-0.4, -0.2) is 38.6 Å². The number of hydrogen-bond donors (Lipinski definition) is 3. The number of imidazole rings is 1. The predicted molar refractivity (Wildman–Crippen MR) is 117 cm³/mol. The molecule has 6 nitrogen and oxygen atoms in total. The average molecular weight is 394 g/mol. The quantitative estimate of drug-likeness (QED) is 0.628. The molecule has 0 bridgehead atoms. The van der Waals surface area contributed by atoms with Gasteiger partial charge in [0.25, 0.3) is 0 Å². The maximum Gasteiger partial charge on any atom is 0.137 e. The van der Waals surface area contributed by atoms with Gasteiger partial charge >= 0.3 is 0 Å². The Bertz CT molecular complexity index is 992. The largest absolute Gasteiger partial charge is 0.386 e. The molecule has 1 saturated carbocycles. The Morgan fingerprint density at radius 3 is 2.59 bits per heavy atom. The van der Waals surface area contributed by atoms with Gasteiger partial charge in [-0.05, 0) is 55.9 Å². The van der Waals surface area contributed by atoms with E-state index >= 15 is 0 Å². The van der Waals surface area contributed by atoms with Crippen LogP contribution in [0.2, 0.25) is 0 Å². The van der Waals surface area contributed by atoms with Crippen molar-refractivity contribution in [2.75, 3.05) is 18.4 Å². The summed E-state index contributed by atoms with van der Waals surface area (Å²) in [4.78, 5) is 9.31. The first-order chi connectivity index (χ1) is 13.9. The zero-order valence-electron chi connectivity index (χ0n) is 17.7. The molecule has 3 N–H and O–H groups in total. The minimum absolute atomic E-state index is 0.513. The van der Waals surface area contributed by atoms with E-state index in [0.29, 0.717) is 11.5 Å². The highest BCUT2D eigenvalue weighted by Crippen LogP contribution is 2.45. The number of aromatic nitrogens is 3. The van der Waals surface area contributed by atoms with Crippen molar-refractivity contribution < 1.29 is 5.11 Å². The Morgan fingerprint density at radius 2 is 1.93 bits per heavy atom. The van der Waals surface area contributed by atoms with Crippen molar-refractivity contribution in [1.29, 1.82) is 0 Å². The third-order valence-electron chi connectivity index (χ3n) is 5.93. The molecule has 3 aromatic heterocycles. The lowest BCUT2D eigenvalue weighted by molar-refractivity contribution is 0.0469. The summed E-state index contributed by atoms with van der Waals surface area (Å²) in [6.45, 7) is 9.89. The van der Waals surface area contributed by atoms with E-state index in [-0.39, 0.29) is 0 Å². The van der Waals surface area contributed by atoms with Crippen molar-refractivity contribution in [2.24, 2.45) is 5.41 Å². The Kier molecular flexibility index (Phi) is 5.09. The lowest BCUT2D eigenvalue weighted by atomic mass is 9.62. The summed E-state index contributed by atoms with van der Waals surface area (Å²) in [5, 5.41) is 17.3. The molecule has 1 saturated heterocycles. The number of hydrogen-bond acceptors (Lipinski definition) is 5. The number of anilines is 1. The van der Waals surface area contributed by atoms with E-state index in [9.17, 15) is 5.11 Å². The summed E-state index contributed by atoms with van der Waals surface area (Å²) >= 11 is 0. The van der Waals surface area contributed by atoms with Crippen molar-refractivity contribution >= 4 is 11.5 Å². The minimum Gasteiger partial charge on any atom is -0.386 e. The van der Waals surface area contributed by atoms with Crippen molar-refractivity contribution in [3.63, 3.8) is 0 Å². The first-order valence-corrected chi connectivity index (χ1v) is 10.6. The van der Waals surface area contributed by atoms with Gasteiger partial charge in [0.05, 0.1) is 23.2 Å². The number of nitrogens with zero attached hydrogens (tertiary/aromatic N) is 3. The van der Waals surface area contributed by atoms with Crippen LogP contribution in [-0.2, 0) is 5.60 Å². The normalized spacial score (nSPS) is 18.0. The second kappa shape index (κ2) is 7.43. The third kappa shape index (κ3) is 3.74. The molecule has 1 spiro atoms. The fourth-order valence-electron chi connectivity index (χ4n) is 4.25. The topological polar surface area (TPSA) is 74.5 Å². The molecule has 5 rings (SSSR count). The summed E-state index contributed by atoms with van der Waals surface area (Å²) in [7, 11) is 0. The van der Waals surface area contributed by atoms with Gasteiger partial charge in [-0.3, -0.25) is 4.40 Å². The van der Waals surface area contributed by atoms with Gasteiger partial charge in [0.1, 0.15) is 11.5 Å². The highest BCUT2D eigenvalue weighted by atomic mass is 16.3. The molecule has 2 fully saturated rings. The van der Waals surface area contributed by atoms with E-state index in [1.54, 1.807) is 13.8 Å². The molecule has 1 aliphatic carbocycles. The molecule has 3 aromatic rings. The number of aliphatic hydroxyl groups is 1. The van der Waals surface area contributed by atoms with Gasteiger partial charge in [-0.25, -0.2) is 9.97 Å². The van der Waals surface area contributed by atoms with Gasteiger partial charge in [-0.1, -0.05) is 26.0 Å². The van der Waals surface area contributed by atoms with Gasteiger partial charge in [-0.15, -0.1) is 0 Å². The third-order valence-corrected chi connectivity index (χ3v) is 5.93. The first kappa shape index (κ1) is 19.9. The van der Waals surface area contributed by atoms with Crippen molar-refractivity contribution in [2.45, 2.75) is 52.2 Å². The molecular weight excluding hydrogens is 362 g/mol. The summed E-state index contributed by atoms with van der Waals surface area (Å²) < 4.78 is 2.00. The van der Waals surface area contributed by atoms with Gasteiger partial charge in [0.2, 0.25) is 0 Å². The lowest BCUT2D eigenvalue weighted by Crippen LogP contribution is -2.63. The maximum absolute atomic E-state index is 10.3. The molecule has 0 amide bonds. The fourth-order valence-corrected chi connectivity index (χ4v) is 4.25. The van der Waals surface area contributed by atoms with Crippen molar-refractivity contribution in [1.82, 2.24) is 19.7 Å². The molecule has 29 heavy (non-hydrogen) atoms. The first-order valence-electron chi connectivity index (χ1n) is 10.6. The van der Waals surface area contributed by atoms with Crippen LogP contribution in [0.25, 0.3) is 17.0 Å². The summed E-state index contributed by atoms with van der Waals surface area (Å²) in [5.74, 6) is 0.910. The van der Waals surface area contributed by atoms with Crippen LogP contribution in [0.1, 0.15) is 46.1 Å². The molecule has 0 atom stereocenters. The Balaban J connectivity index is 0.000000994. The van der Waals surface area contributed by atoms with Crippen LogP contribution in [0.4, 0.5) is 5.82 Å². The summed E-state index contributed by atoms with van der Waals surface area (Å²) in [6.07, 6.45) is 6.22. The van der Waals surface area contributed by atoms with E-state index in [1.165, 1.54) is 12.8 Å². The Labute approximate surface area is 172 Å². The smallest absolute Gasteiger partial charge is 0.137 e. The summed E-state index contributed by atoms with van der Waals surface area (Å²) in [5.41, 5.74) is 3.13. The minimum atomic E-state index is -0.900. The molecule has 2 aliphatic rings. The van der Waals surface area contributed by atoms with E-state index < -0.39 is 5.60 Å². The number of nitrogens with one attached hydrogen (secondary N) is 2. The second-order valence-electron chi connectivity index (χ2n) is 8.61. The van der Waals surface area contributed by atoms with Gasteiger partial charge in [0, 0.05) is 25.3 Å². The van der Waals surface area contributed by atoms with E-state index in [2.05, 4.69) is 15.6 Å². The van der Waals surface area contributed by atoms with Crippen LogP contribution in [0.15, 0.2) is 42.7 Å². The molecule has 154 valence electrons. The average Bonchev–Trinajstić information content (AvgIpc) is 3.07. The zero-order valence-corrected chi connectivity index (χ0v) is 17.7. The van der Waals surface area contributed by atoms with Gasteiger partial charge < -0.3 is 15.7 Å². The lowest BCUT2D eigenvalue weighted by Gasteiger charge is -2.54. The van der Waals surface area contributed by atoms with Crippen LogP contribution in [0.5, 0.6) is 0 Å². The van der Waals surface area contributed by atoms with Crippen molar-refractivity contribution in [3.05, 3.63) is 48.3 Å². The van der Waals surface area contributed by atoms with Crippen LogP contribution in [0, 0.1) is 5.41 Å². The molecule has 0 aromatic carbocycles. The fraction of sp³-hybridized carbons (Fsp3) is 0.478. The monoisotopic (exact) mass is 393 g/mol. The summed E-state index contributed by atoms with van der Waals surface area (Å²) in [6, 6.07) is 10.4. The SMILES string of the molecule is CC.CC(C)(O)c1ccc2ncc(-c3cccc(NC4CC5(CNC5)C4)n3)n2c1. The Hall–Kier alpha value is -2.44. The molecular formula is C23H31N5O. The number of pyridine rings is 2. The zero-order chi connectivity index (χ0) is 20.6. The highest BCUT2D eigenvalue weighted by molar-refractivity contribution is 5.62. The molecule has 4 heterocycles. The molecule has 6 heteroatoms. The standard InChI is InChI=1S/C21H25N5O.C2H6/c1-20(2,27)14-6-7-19-23-10-17(26(19)11-14)16-4-3-5-18(25-16)24-15-8-21(9-15)12-22-13-21;1-2/h3-7,10-11,15,22,27H,8-9,12-13H2,1-2H3,(H,24,25);1-2H3. The maximum atomic E-state index is 10.3. The van der Waals surface area contributed by atoms with Gasteiger partial charge in [-0.2, -0.15) is 0 Å². The van der Waals surface area contributed by atoms with E-state index in [0.717, 1.165) is 41.5 Å². The molecule has 0 unspecified atom stereocenters. The molecule has 0 radical (unpaired) electrons. The van der Waals surface area contributed by atoms with E-state index in [1.807, 2.05) is 61.0 Å². The number of rotatable bonds is 4. The van der Waals surface area contributed by atoms with Crippen molar-refractivity contribution in [3.8, 4) is 11.4 Å². The van der Waals surface area contributed by atoms with Crippen LogP contribution in [0.3, 0.4) is 0 Å². The van der Waals surface area contributed by atoms with Crippen LogP contribution >= 0.6 is 0 Å².